The van der Waals surface area contributed by atoms with Crippen LogP contribution in [0.2, 0.25) is 0 Å². The van der Waals surface area contributed by atoms with E-state index in [0.29, 0.717) is 5.92 Å². The third-order valence-corrected chi connectivity index (χ3v) is 9.35. The molecule has 0 saturated heterocycles. The molecule has 1 fully saturated rings. The number of hydrogen-bond acceptors (Lipinski definition) is 0. The Morgan fingerprint density at radius 2 is 1.28 bits per heavy atom. The van der Waals surface area contributed by atoms with Gasteiger partial charge in [-0.3, -0.25) is 0 Å². The summed E-state index contributed by atoms with van der Waals surface area (Å²) in [4.78, 5) is 0. The molecule has 0 bridgehead atoms. The molecule has 1 aliphatic carbocycles. The van der Waals surface area contributed by atoms with E-state index in [2.05, 4.69) is 65.5 Å². The smallest absolute Gasteiger partial charge is 0.0162 e. The summed E-state index contributed by atoms with van der Waals surface area (Å²) in [7, 11) is 0. The lowest BCUT2D eigenvalue weighted by atomic mass is 9.82. The molecule has 0 aliphatic heterocycles. The van der Waals surface area contributed by atoms with Crippen molar-refractivity contribution in [1.82, 2.24) is 0 Å². The van der Waals surface area contributed by atoms with Crippen LogP contribution in [-0.4, -0.2) is 0 Å². The number of unbranched alkanes of at least 4 members (excludes halogenated alkanes) is 7. The molecular weight excluding hydrogens is 432 g/mol. The van der Waals surface area contributed by atoms with Gasteiger partial charge in [0.25, 0.3) is 0 Å². The van der Waals surface area contributed by atoms with E-state index < -0.39 is 0 Å². The predicted molar refractivity (Wildman–Crippen MR) is 163 cm³/mol. The zero-order chi connectivity index (χ0) is 26.2. The topological polar surface area (TPSA) is 0 Å². The Morgan fingerprint density at radius 1 is 0.722 bits per heavy atom. The van der Waals surface area contributed by atoms with Crippen molar-refractivity contribution < 1.29 is 0 Å². The summed E-state index contributed by atoms with van der Waals surface area (Å²) >= 11 is 0. The first-order valence-corrected chi connectivity index (χ1v) is 16.2. The van der Waals surface area contributed by atoms with Gasteiger partial charge in [0.15, 0.2) is 0 Å². The van der Waals surface area contributed by atoms with Gasteiger partial charge in [-0.2, -0.15) is 0 Å². The molecule has 0 N–H and O–H groups in total. The van der Waals surface area contributed by atoms with Gasteiger partial charge in [-0.1, -0.05) is 160 Å². The van der Waals surface area contributed by atoms with Crippen LogP contribution in [0, 0.1) is 36.5 Å². The Labute approximate surface area is 227 Å². The normalized spacial score (nSPS) is 19.7. The van der Waals surface area contributed by atoms with Crippen LogP contribution in [0.4, 0.5) is 0 Å². The van der Waals surface area contributed by atoms with E-state index in [-0.39, 0.29) is 0 Å². The van der Waals surface area contributed by atoms with Gasteiger partial charge in [-0.25, -0.2) is 0 Å². The van der Waals surface area contributed by atoms with E-state index in [9.17, 15) is 0 Å². The summed E-state index contributed by atoms with van der Waals surface area (Å²) in [5, 5.41) is 0. The van der Waals surface area contributed by atoms with E-state index in [1.54, 1.807) is 0 Å². The minimum absolute atomic E-state index is 0.642. The molecule has 0 heteroatoms. The van der Waals surface area contributed by atoms with Crippen LogP contribution >= 0.6 is 0 Å². The van der Waals surface area contributed by atoms with Crippen molar-refractivity contribution in [2.24, 2.45) is 29.6 Å². The van der Waals surface area contributed by atoms with Crippen molar-refractivity contribution in [3.63, 3.8) is 0 Å². The molecule has 206 valence electrons. The van der Waals surface area contributed by atoms with Gasteiger partial charge in [0, 0.05) is 0 Å². The second kappa shape index (κ2) is 18.3. The average Bonchev–Trinajstić information content (AvgIpc) is 3.64. The summed E-state index contributed by atoms with van der Waals surface area (Å²) in [6.45, 7) is 16.5. The molecule has 2 rings (SSSR count). The Hall–Kier alpha value is -1.04. The fraction of sp³-hybridized carbons (Fsp3) is 0.778. The monoisotopic (exact) mass is 494 g/mol. The minimum atomic E-state index is 0.642. The van der Waals surface area contributed by atoms with Crippen molar-refractivity contribution >= 4 is 5.57 Å². The van der Waals surface area contributed by atoms with Crippen molar-refractivity contribution in [2.45, 2.75) is 150 Å². The number of allylic oxidation sites excluding steroid dienone is 1. The van der Waals surface area contributed by atoms with Gasteiger partial charge in [0.2, 0.25) is 0 Å². The van der Waals surface area contributed by atoms with Crippen LogP contribution in [0.25, 0.3) is 5.57 Å². The summed E-state index contributed by atoms with van der Waals surface area (Å²) < 4.78 is 0. The van der Waals surface area contributed by atoms with Crippen LogP contribution in [0.15, 0.2) is 30.8 Å². The van der Waals surface area contributed by atoms with Crippen LogP contribution < -0.4 is 0 Å². The van der Waals surface area contributed by atoms with Crippen molar-refractivity contribution in [2.75, 3.05) is 0 Å². The van der Waals surface area contributed by atoms with Crippen molar-refractivity contribution in [3.8, 4) is 0 Å². The molecule has 0 nitrogen and oxygen atoms in total. The fourth-order valence-corrected chi connectivity index (χ4v) is 6.27. The zero-order valence-corrected chi connectivity index (χ0v) is 25.1. The minimum Gasteiger partial charge on any atom is -0.0950 e. The van der Waals surface area contributed by atoms with E-state index in [4.69, 9.17) is 0 Å². The van der Waals surface area contributed by atoms with Gasteiger partial charge in [-0.05, 0) is 66.9 Å². The van der Waals surface area contributed by atoms with Gasteiger partial charge in [0.1, 0.15) is 0 Å². The highest BCUT2D eigenvalue weighted by molar-refractivity contribution is 5.65. The molecule has 1 saturated carbocycles. The Balaban J connectivity index is 1.73. The zero-order valence-electron chi connectivity index (χ0n) is 25.1. The summed E-state index contributed by atoms with van der Waals surface area (Å²) in [5.41, 5.74) is 4.11. The molecule has 0 spiro atoms. The van der Waals surface area contributed by atoms with Crippen LogP contribution in [0.3, 0.4) is 0 Å². The first-order valence-electron chi connectivity index (χ1n) is 16.2. The average molecular weight is 495 g/mol. The maximum absolute atomic E-state index is 4.64. The van der Waals surface area contributed by atoms with Crippen molar-refractivity contribution in [3.05, 3.63) is 42.0 Å². The lowest BCUT2D eigenvalue weighted by Crippen LogP contribution is -2.09. The first kappa shape index (κ1) is 31.2. The second-order valence-electron chi connectivity index (χ2n) is 12.8. The fourth-order valence-electron chi connectivity index (χ4n) is 6.27. The Bertz CT molecular complexity index is 682. The van der Waals surface area contributed by atoms with Crippen LogP contribution in [0.1, 0.15) is 154 Å². The highest BCUT2D eigenvalue weighted by Gasteiger charge is 2.33. The number of aryl methyl sites for hydroxylation is 1. The summed E-state index contributed by atoms with van der Waals surface area (Å²) in [6, 6.07) is 9.12. The molecule has 0 aromatic heterocycles. The molecule has 1 aromatic rings. The summed E-state index contributed by atoms with van der Waals surface area (Å²) in [6.07, 6.45) is 25.5. The molecule has 1 aliphatic rings. The Kier molecular flexibility index (Phi) is 15.8. The van der Waals surface area contributed by atoms with E-state index in [1.807, 2.05) is 0 Å². The van der Waals surface area contributed by atoms with Crippen LogP contribution in [0.5, 0.6) is 0 Å². The van der Waals surface area contributed by atoms with Gasteiger partial charge >= 0.3 is 0 Å². The van der Waals surface area contributed by atoms with E-state index >= 15 is 0 Å². The van der Waals surface area contributed by atoms with Gasteiger partial charge in [-0.15, -0.1) is 0 Å². The quantitative estimate of drug-likeness (QED) is 0.141. The third-order valence-electron chi connectivity index (χ3n) is 9.35. The maximum atomic E-state index is 4.64. The SMILES string of the molecule is C=C(c1ccc(C)cc1)C(CCC(C)CCCCCCCCC)CCC(C)CCCCC1CC1CC. The third kappa shape index (κ3) is 13.0. The van der Waals surface area contributed by atoms with Crippen LogP contribution in [-0.2, 0) is 0 Å². The first-order chi connectivity index (χ1) is 17.4. The molecule has 5 atom stereocenters. The largest absolute Gasteiger partial charge is 0.0950 e. The van der Waals surface area contributed by atoms with E-state index in [0.717, 1.165) is 23.7 Å². The number of hydrogen-bond donors (Lipinski definition) is 0. The van der Waals surface area contributed by atoms with Gasteiger partial charge in [0.05, 0.1) is 0 Å². The molecule has 0 amide bonds. The Morgan fingerprint density at radius 3 is 1.83 bits per heavy atom. The number of rotatable bonds is 22. The maximum Gasteiger partial charge on any atom is -0.0162 e. The molecule has 1 aromatic carbocycles. The lowest BCUT2D eigenvalue weighted by Gasteiger charge is -2.24. The second-order valence-corrected chi connectivity index (χ2v) is 12.8. The molecular formula is C36H62. The van der Waals surface area contributed by atoms with E-state index in [1.165, 1.54) is 132 Å². The number of benzene rings is 1. The van der Waals surface area contributed by atoms with Crippen molar-refractivity contribution in [1.29, 1.82) is 0 Å². The predicted octanol–water partition coefficient (Wildman–Crippen LogP) is 12.2. The lowest BCUT2D eigenvalue weighted by molar-refractivity contribution is 0.375. The molecule has 5 unspecified atom stereocenters. The molecule has 0 radical (unpaired) electrons. The standard InChI is InChI=1S/C36H62/c1-7-9-10-11-12-13-14-17-29(3)20-24-34(32(6)35-26-22-31(5)23-27-35)25-21-30(4)18-15-16-19-36-28-33(36)8-2/h22-23,26-27,29-30,33-34,36H,6-21,24-25,28H2,1-5H3. The highest BCUT2D eigenvalue weighted by atomic mass is 14.4. The highest BCUT2D eigenvalue weighted by Crippen LogP contribution is 2.44. The molecule has 0 heterocycles. The summed E-state index contributed by atoms with van der Waals surface area (Å²) in [5.74, 6) is 4.49. The van der Waals surface area contributed by atoms with Gasteiger partial charge < -0.3 is 0 Å². The molecule has 36 heavy (non-hydrogen) atoms.